The number of nitrogens with two attached hydrogens (primary N) is 1. The summed E-state index contributed by atoms with van der Waals surface area (Å²) in [6, 6.07) is 6.48. The molecule has 2 rings (SSSR count). The van der Waals surface area contributed by atoms with Crippen LogP contribution in [0.1, 0.15) is 32.3 Å². The number of hydrogen-bond donors (Lipinski definition) is 2. The summed E-state index contributed by atoms with van der Waals surface area (Å²) in [4.78, 5) is 10.8. The minimum absolute atomic E-state index is 0.110. The molecule has 1 aromatic carbocycles. The van der Waals surface area contributed by atoms with Gasteiger partial charge in [-0.3, -0.25) is 4.79 Å². The number of aryl methyl sites for hydroxylation is 1. The van der Waals surface area contributed by atoms with Crippen molar-refractivity contribution < 1.29 is 14.3 Å². The molecule has 1 aromatic rings. The summed E-state index contributed by atoms with van der Waals surface area (Å²) >= 11 is 0. The van der Waals surface area contributed by atoms with E-state index in [1.165, 1.54) is 5.56 Å². The van der Waals surface area contributed by atoms with Crippen LogP contribution in [0.2, 0.25) is 0 Å². The van der Waals surface area contributed by atoms with Gasteiger partial charge in [0.05, 0.1) is 0 Å². The van der Waals surface area contributed by atoms with Gasteiger partial charge in [-0.25, -0.2) is 0 Å². The van der Waals surface area contributed by atoms with Crippen LogP contribution in [0.15, 0.2) is 18.2 Å². The molecule has 1 aliphatic heterocycles. The zero-order valence-electron chi connectivity index (χ0n) is 12.0. The molecular formula is C15H22N2O3. The summed E-state index contributed by atoms with van der Waals surface area (Å²) in [7, 11) is 0. The van der Waals surface area contributed by atoms with E-state index < -0.39 is 0 Å². The van der Waals surface area contributed by atoms with Crippen LogP contribution in [-0.4, -0.2) is 24.8 Å². The molecule has 2 atom stereocenters. The van der Waals surface area contributed by atoms with Gasteiger partial charge in [0, 0.05) is 18.5 Å². The number of ether oxygens (including phenoxy) is 2. The van der Waals surface area contributed by atoms with E-state index in [-0.39, 0.29) is 11.9 Å². The number of carbonyl (C=O) groups excluding carboxylic acids is 1. The van der Waals surface area contributed by atoms with E-state index in [9.17, 15) is 4.79 Å². The van der Waals surface area contributed by atoms with Gasteiger partial charge in [-0.05, 0) is 44.4 Å². The lowest BCUT2D eigenvalue weighted by molar-refractivity contribution is -0.118. The average molecular weight is 278 g/mol. The summed E-state index contributed by atoms with van der Waals surface area (Å²) in [5.74, 6) is 1.37. The van der Waals surface area contributed by atoms with Gasteiger partial charge in [0.25, 0.3) is 0 Å². The number of benzene rings is 1. The first-order chi connectivity index (χ1) is 9.54. The van der Waals surface area contributed by atoms with E-state index in [4.69, 9.17) is 15.2 Å². The van der Waals surface area contributed by atoms with Crippen molar-refractivity contribution in [2.24, 2.45) is 5.73 Å². The first-order valence-corrected chi connectivity index (χ1v) is 6.97. The lowest BCUT2D eigenvalue weighted by Crippen LogP contribution is -2.37. The molecule has 2 unspecified atom stereocenters. The number of hydrogen-bond acceptors (Lipinski definition) is 4. The van der Waals surface area contributed by atoms with Gasteiger partial charge in [-0.1, -0.05) is 6.07 Å². The van der Waals surface area contributed by atoms with Crippen molar-refractivity contribution in [1.29, 1.82) is 0 Å². The van der Waals surface area contributed by atoms with Crippen molar-refractivity contribution in [2.45, 2.75) is 45.2 Å². The SMILES string of the molecule is CC(CCc1ccc2c(c1)OCO2)NC(C)CC(N)=O. The summed E-state index contributed by atoms with van der Waals surface area (Å²) in [5.41, 5.74) is 6.41. The van der Waals surface area contributed by atoms with Crippen LogP contribution in [0.4, 0.5) is 0 Å². The first-order valence-electron chi connectivity index (χ1n) is 6.97. The van der Waals surface area contributed by atoms with E-state index in [0.29, 0.717) is 19.3 Å². The largest absolute Gasteiger partial charge is 0.454 e. The molecular weight excluding hydrogens is 256 g/mol. The van der Waals surface area contributed by atoms with Gasteiger partial charge in [-0.15, -0.1) is 0 Å². The predicted molar refractivity (Wildman–Crippen MR) is 76.8 cm³/mol. The summed E-state index contributed by atoms with van der Waals surface area (Å²) < 4.78 is 10.7. The maximum atomic E-state index is 10.8. The van der Waals surface area contributed by atoms with Crippen LogP contribution in [0.3, 0.4) is 0 Å². The molecule has 3 N–H and O–H groups in total. The van der Waals surface area contributed by atoms with Gasteiger partial charge in [0.2, 0.25) is 12.7 Å². The molecule has 1 amide bonds. The number of carbonyl (C=O) groups is 1. The standard InChI is InChI=1S/C15H22N2O3/c1-10(17-11(2)7-15(16)18)3-4-12-5-6-13-14(8-12)20-9-19-13/h5-6,8,10-11,17H,3-4,7,9H2,1-2H3,(H2,16,18). The highest BCUT2D eigenvalue weighted by Gasteiger charge is 2.14. The molecule has 110 valence electrons. The van der Waals surface area contributed by atoms with E-state index in [2.05, 4.69) is 18.3 Å². The predicted octanol–water partition coefficient (Wildman–Crippen LogP) is 1.59. The van der Waals surface area contributed by atoms with Crippen molar-refractivity contribution in [1.82, 2.24) is 5.32 Å². The maximum Gasteiger partial charge on any atom is 0.231 e. The molecule has 0 saturated heterocycles. The second-order valence-electron chi connectivity index (χ2n) is 5.37. The third-order valence-electron chi connectivity index (χ3n) is 3.38. The first kappa shape index (κ1) is 14.7. The van der Waals surface area contributed by atoms with Crippen LogP contribution in [-0.2, 0) is 11.2 Å². The zero-order chi connectivity index (χ0) is 14.5. The molecule has 5 heteroatoms. The fraction of sp³-hybridized carbons (Fsp3) is 0.533. The molecule has 0 radical (unpaired) electrons. The second-order valence-corrected chi connectivity index (χ2v) is 5.37. The Morgan fingerprint density at radius 1 is 1.30 bits per heavy atom. The highest BCUT2D eigenvalue weighted by Crippen LogP contribution is 2.32. The Kier molecular flexibility index (Phi) is 4.84. The summed E-state index contributed by atoms with van der Waals surface area (Å²) in [5, 5.41) is 3.38. The Hall–Kier alpha value is -1.75. The van der Waals surface area contributed by atoms with Crippen molar-refractivity contribution >= 4 is 5.91 Å². The van der Waals surface area contributed by atoms with E-state index in [1.807, 2.05) is 19.1 Å². The van der Waals surface area contributed by atoms with Gasteiger partial charge >= 0.3 is 0 Å². The monoisotopic (exact) mass is 278 g/mol. The fourth-order valence-corrected chi connectivity index (χ4v) is 2.41. The molecule has 0 spiro atoms. The Bertz CT molecular complexity index is 476. The lowest BCUT2D eigenvalue weighted by atomic mass is 10.0. The third kappa shape index (κ3) is 4.13. The molecule has 0 fully saturated rings. The normalized spacial score (nSPS) is 15.9. The molecule has 0 saturated carbocycles. The fourth-order valence-electron chi connectivity index (χ4n) is 2.41. The van der Waals surface area contributed by atoms with Gasteiger partial charge in [-0.2, -0.15) is 0 Å². The van der Waals surface area contributed by atoms with Crippen LogP contribution in [0, 0.1) is 0 Å². The van der Waals surface area contributed by atoms with Crippen molar-refractivity contribution in [3.8, 4) is 11.5 Å². The molecule has 20 heavy (non-hydrogen) atoms. The number of primary amides is 1. The molecule has 1 heterocycles. The average Bonchev–Trinajstić information content (AvgIpc) is 2.82. The highest BCUT2D eigenvalue weighted by atomic mass is 16.7. The van der Waals surface area contributed by atoms with Crippen LogP contribution in [0.25, 0.3) is 0 Å². The Morgan fingerprint density at radius 3 is 2.80 bits per heavy atom. The minimum atomic E-state index is -0.270. The van der Waals surface area contributed by atoms with Crippen molar-refractivity contribution in [3.63, 3.8) is 0 Å². The van der Waals surface area contributed by atoms with Gasteiger partial charge in [0.1, 0.15) is 0 Å². The number of rotatable bonds is 7. The maximum absolute atomic E-state index is 10.8. The van der Waals surface area contributed by atoms with Crippen molar-refractivity contribution in [2.75, 3.05) is 6.79 Å². The quantitative estimate of drug-likeness (QED) is 0.794. The highest BCUT2D eigenvalue weighted by molar-refractivity contribution is 5.74. The Labute approximate surface area is 119 Å². The minimum Gasteiger partial charge on any atom is -0.454 e. The molecule has 0 bridgehead atoms. The summed E-state index contributed by atoms with van der Waals surface area (Å²) in [6.45, 7) is 4.40. The zero-order valence-corrected chi connectivity index (χ0v) is 12.0. The molecule has 0 aromatic heterocycles. The number of fused-ring (bicyclic) bond motifs is 1. The van der Waals surface area contributed by atoms with E-state index in [0.717, 1.165) is 24.3 Å². The molecule has 1 aliphatic rings. The van der Waals surface area contributed by atoms with E-state index >= 15 is 0 Å². The Balaban J connectivity index is 1.78. The number of amides is 1. The van der Waals surface area contributed by atoms with Gasteiger partial charge in [0.15, 0.2) is 11.5 Å². The van der Waals surface area contributed by atoms with Crippen molar-refractivity contribution in [3.05, 3.63) is 23.8 Å². The topological polar surface area (TPSA) is 73.6 Å². The molecule has 5 nitrogen and oxygen atoms in total. The van der Waals surface area contributed by atoms with Crippen LogP contribution >= 0.6 is 0 Å². The van der Waals surface area contributed by atoms with Crippen LogP contribution < -0.4 is 20.5 Å². The lowest BCUT2D eigenvalue weighted by Gasteiger charge is -2.19. The van der Waals surface area contributed by atoms with Gasteiger partial charge < -0.3 is 20.5 Å². The second kappa shape index (κ2) is 6.61. The van der Waals surface area contributed by atoms with Crippen LogP contribution in [0.5, 0.6) is 11.5 Å². The Morgan fingerprint density at radius 2 is 2.05 bits per heavy atom. The smallest absolute Gasteiger partial charge is 0.231 e. The molecule has 0 aliphatic carbocycles. The number of nitrogens with one attached hydrogen (secondary N) is 1. The summed E-state index contributed by atoms with van der Waals surface area (Å²) in [6.07, 6.45) is 2.31. The third-order valence-corrected chi connectivity index (χ3v) is 3.38. The van der Waals surface area contributed by atoms with E-state index in [1.54, 1.807) is 0 Å².